The fraction of sp³-hybridized carbons (Fsp3) is 0.750. The van der Waals surface area contributed by atoms with Crippen LogP contribution < -0.4 is 5.32 Å². The van der Waals surface area contributed by atoms with Crippen molar-refractivity contribution in [3.63, 3.8) is 0 Å². The molecule has 0 spiro atoms. The van der Waals surface area contributed by atoms with Crippen molar-refractivity contribution in [3.05, 3.63) is 11.7 Å². The number of nitrogens with one attached hydrogen (secondary N) is 1. The van der Waals surface area contributed by atoms with Gasteiger partial charge in [-0.15, -0.1) is 0 Å². The van der Waals surface area contributed by atoms with Crippen LogP contribution in [0.4, 0.5) is 0 Å². The lowest BCUT2D eigenvalue weighted by molar-refractivity contribution is -0.123. The SMILES string of the molecule is Cc1noc(CCC(=O)NC2(CO)CCCC2)n1. The van der Waals surface area contributed by atoms with Gasteiger partial charge >= 0.3 is 0 Å². The maximum atomic E-state index is 11.8. The number of amides is 1. The molecule has 1 aromatic rings. The van der Waals surface area contributed by atoms with Crippen molar-refractivity contribution in [1.29, 1.82) is 0 Å². The van der Waals surface area contributed by atoms with Crippen LogP contribution in [0, 0.1) is 6.92 Å². The Morgan fingerprint density at radius 3 is 2.78 bits per heavy atom. The predicted octanol–water partition coefficient (Wildman–Crippen LogP) is 0.732. The predicted molar refractivity (Wildman–Crippen MR) is 63.8 cm³/mol. The molecule has 6 heteroatoms. The minimum Gasteiger partial charge on any atom is -0.394 e. The van der Waals surface area contributed by atoms with E-state index in [1.807, 2.05) is 0 Å². The van der Waals surface area contributed by atoms with E-state index >= 15 is 0 Å². The monoisotopic (exact) mass is 253 g/mol. The molecule has 1 heterocycles. The first-order valence-corrected chi connectivity index (χ1v) is 6.35. The van der Waals surface area contributed by atoms with Gasteiger partial charge in [0.15, 0.2) is 5.82 Å². The van der Waals surface area contributed by atoms with Crippen LogP contribution in [0.25, 0.3) is 0 Å². The molecule has 0 atom stereocenters. The van der Waals surface area contributed by atoms with E-state index in [0.717, 1.165) is 25.7 Å². The van der Waals surface area contributed by atoms with Gasteiger partial charge in [0.25, 0.3) is 0 Å². The number of carbonyl (C=O) groups is 1. The van der Waals surface area contributed by atoms with E-state index in [9.17, 15) is 9.90 Å². The van der Waals surface area contributed by atoms with E-state index in [1.165, 1.54) is 0 Å². The first-order valence-electron chi connectivity index (χ1n) is 6.35. The second-order valence-corrected chi connectivity index (χ2v) is 4.93. The van der Waals surface area contributed by atoms with E-state index < -0.39 is 5.54 Å². The zero-order chi connectivity index (χ0) is 13.0. The number of aliphatic hydroxyl groups excluding tert-OH is 1. The molecule has 1 amide bonds. The third-order valence-electron chi connectivity index (χ3n) is 3.40. The second kappa shape index (κ2) is 5.48. The second-order valence-electron chi connectivity index (χ2n) is 4.93. The van der Waals surface area contributed by atoms with E-state index in [-0.39, 0.29) is 12.5 Å². The normalized spacial score (nSPS) is 17.9. The molecular weight excluding hydrogens is 234 g/mol. The highest BCUT2D eigenvalue weighted by Gasteiger charge is 2.34. The fourth-order valence-corrected chi connectivity index (χ4v) is 2.39. The van der Waals surface area contributed by atoms with Gasteiger partial charge in [0.1, 0.15) is 0 Å². The lowest BCUT2D eigenvalue weighted by Gasteiger charge is -2.27. The molecule has 1 fully saturated rings. The third kappa shape index (κ3) is 3.07. The maximum Gasteiger partial charge on any atom is 0.227 e. The zero-order valence-corrected chi connectivity index (χ0v) is 10.6. The van der Waals surface area contributed by atoms with Crippen molar-refractivity contribution in [2.45, 2.75) is 51.0 Å². The number of carbonyl (C=O) groups excluding carboxylic acids is 1. The van der Waals surface area contributed by atoms with Crippen molar-refractivity contribution in [2.24, 2.45) is 0 Å². The Kier molecular flexibility index (Phi) is 3.96. The highest BCUT2D eigenvalue weighted by Crippen LogP contribution is 2.29. The zero-order valence-electron chi connectivity index (χ0n) is 10.6. The largest absolute Gasteiger partial charge is 0.394 e. The molecule has 2 N–H and O–H groups in total. The highest BCUT2D eigenvalue weighted by atomic mass is 16.5. The summed E-state index contributed by atoms with van der Waals surface area (Å²) in [6.45, 7) is 1.75. The molecule has 1 aliphatic rings. The van der Waals surface area contributed by atoms with Crippen LogP contribution in [0.2, 0.25) is 0 Å². The Morgan fingerprint density at radius 2 is 2.22 bits per heavy atom. The summed E-state index contributed by atoms with van der Waals surface area (Å²) < 4.78 is 4.95. The lowest BCUT2D eigenvalue weighted by Crippen LogP contribution is -2.49. The minimum absolute atomic E-state index is 0.0123. The Bertz CT molecular complexity index is 410. The quantitative estimate of drug-likeness (QED) is 0.807. The van der Waals surface area contributed by atoms with E-state index in [2.05, 4.69) is 15.5 Å². The van der Waals surface area contributed by atoms with Crippen LogP contribution in [0.3, 0.4) is 0 Å². The molecule has 100 valence electrons. The van der Waals surface area contributed by atoms with Crippen molar-refractivity contribution in [1.82, 2.24) is 15.5 Å². The first-order chi connectivity index (χ1) is 8.63. The Hall–Kier alpha value is -1.43. The summed E-state index contributed by atoms with van der Waals surface area (Å²) in [5.41, 5.74) is -0.401. The molecule has 0 saturated heterocycles. The van der Waals surface area contributed by atoms with E-state index in [1.54, 1.807) is 6.92 Å². The molecule has 1 aliphatic carbocycles. The summed E-state index contributed by atoms with van der Waals surface area (Å²) in [4.78, 5) is 15.9. The van der Waals surface area contributed by atoms with Gasteiger partial charge in [0.05, 0.1) is 12.1 Å². The molecular formula is C12H19N3O3. The average molecular weight is 253 g/mol. The Balaban J connectivity index is 1.81. The van der Waals surface area contributed by atoms with Crippen LogP contribution in [0.5, 0.6) is 0 Å². The van der Waals surface area contributed by atoms with Gasteiger partial charge in [-0.1, -0.05) is 18.0 Å². The molecule has 6 nitrogen and oxygen atoms in total. The van der Waals surface area contributed by atoms with E-state index in [4.69, 9.17) is 4.52 Å². The molecule has 1 aromatic heterocycles. The number of aliphatic hydroxyl groups is 1. The van der Waals surface area contributed by atoms with Crippen LogP contribution in [0.15, 0.2) is 4.52 Å². The van der Waals surface area contributed by atoms with Crippen molar-refractivity contribution in [3.8, 4) is 0 Å². The summed E-state index contributed by atoms with van der Waals surface area (Å²) in [5, 5.41) is 16.0. The van der Waals surface area contributed by atoms with Crippen LogP contribution >= 0.6 is 0 Å². The fourth-order valence-electron chi connectivity index (χ4n) is 2.39. The van der Waals surface area contributed by atoms with Crippen molar-refractivity contribution < 1.29 is 14.4 Å². The topological polar surface area (TPSA) is 88.2 Å². The lowest BCUT2D eigenvalue weighted by atomic mass is 9.98. The van der Waals surface area contributed by atoms with Gasteiger partial charge in [0.2, 0.25) is 11.8 Å². The Labute approximate surface area is 106 Å². The van der Waals surface area contributed by atoms with Crippen LogP contribution in [-0.2, 0) is 11.2 Å². The molecule has 0 unspecified atom stereocenters. The molecule has 0 aliphatic heterocycles. The molecule has 1 saturated carbocycles. The van der Waals surface area contributed by atoms with Gasteiger partial charge in [0, 0.05) is 12.8 Å². The number of aromatic nitrogens is 2. The first kappa shape index (κ1) is 13.0. The smallest absolute Gasteiger partial charge is 0.227 e. The van der Waals surface area contributed by atoms with Crippen LogP contribution in [0.1, 0.15) is 43.8 Å². The molecule has 0 radical (unpaired) electrons. The molecule has 0 aromatic carbocycles. The minimum atomic E-state index is -0.401. The molecule has 0 bridgehead atoms. The molecule has 18 heavy (non-hydrogen) atoms. The average Bonchev–Trinajstić information content (AvgIpc) is 2.97. The number of rotatable bonds is 5. The summed E-state index contributed by atoms with van der Waals surface area (Å²) in [6.07, 6.45) is 4.58. The van der Waals surface area contributed by atoms with Crippen molar-refractivity contribution in [2.75, 3.05) is 6.61 Å². The van der Waals surface area contributed by atoms with Gasteiger partial charge in [-0.3, -0.25) is 4.79 Å². The van der Waals surface area contributed by atoms with Crippen LogP contribution in [-0.4, -0.2) is 33.3 Å². The van der Waals surface area contributed by atoms with E-state index in [0.29, 0.717) is 24.6 Å². The number of hydrogen-bond acceptors (Lipinski definition) is 5. The summed E-state index contributed by atoms with van der Waals surface area (Å²) in [6, 6.07) is 0. The number of nitrogens with zero attached hydrogens (tertiary/aromatic N) is 2. The molecule has 2 rings (SSSR count). The summed E-state index contributed by atoms with van der Waals surface area (Å²) >= 11 is 0. The van der Waals surface area contributed by atoms with Gasteiger partial charge in [-0.05, 0) is 19.8 Å². The standard InChI is InChI=1S/C12H19N3O3/c1-9-13-11(18-15-9)5-4-10(17)14-12(8-16)6-2-3-7-12/h16H,2-8H2,1H3,(H,14,17). The summed E-state index contributed by atoms with van der Waals surface area (Å²) in [7, 11) is 0. The summed E-state index contributed by atoms with van der Waals surface area (Å²) in [5.74, 6) is 0.988. The Morgan fingerprint density at radius 1 is 1.50 bits per heavy atom. The van der Waals surface area contributed by atoms with Gasteiger partial charge < -0.3 is 14.9 Å². The maximum absolute atomic E-state index is 11.8. The highest BCUT2D eigenvalue weighted by molar-refractivity contribution is 5.77. The third-order valence-corrected chi connectivity index (χ3v) is 3.40. The number of hydrogen-bond donors (Lipinski definition) is 2. The number of aryl methyl sites for hydroxylation is 2. The van der Waals surface area contributed by atoms with Crippen molar-refractivity contribution >= 4 is 5.91 Å². The van der Waals surface area contributed by atoms with Gasteiger partial charge in [-0.2, -0.15) is 4.98 Å². The van der Waals surface area contributed by atoms with Gasteiger partial charge in [-0.25, -0.2) is 0 Å².